The summed E-state index contributed by atoms with van der Waals surface area (Å²) in [6.45, 7) is 4.29. The average molecular weight is 385 g/mol. The fraction of sp³-hybridized carbons (Fsp3) is 0.400. The Kier molecular flexibility index (Phi) is 5.13. The molecule has 3 heterocycles. The monoisotopic (exact) mass is 385 g/mol. The lowest BCUT2D eigenvalue weighted by Crippen LogP contribution is -2.52. The summed E-state index contributed by atoms with van der Waals surface area (Å²) >= 11 is 1.46. The average Bonchev–Trinajstić information content (AvgIpc) is 3.36. The van der Waals surface area contributed by atoms with Crippen LogP contribution in [-0.2, 0) is 17.9 Å². The third kappa shape index (κ3) is 3.70. The number of ether oxygens (including phenoxy) is 1. The van der Waals surface area contributed by atoms with Gasteiger partial charge in [0.1, 0.15) is 5.75 Å². The summed E-state index contributed by atoms with van der Waals surface area (Å²) in [5.41, 5.74) is 2.41. The van der Waals surface area contributed by atoms with E-state index in [1.807, 2.05) is 39.4 Å². The van der Waals surface area contributed by atoms with Crippen molar-refractivity contribution < 1.29 is 14.3 Å². The van der Waals surface area contributed by atoms with Crippen molar-refractivity contribution in [3.05, 3.63) is 51.7 Å². The molecule has 0 bridgehead atoms. The molecule has 1 fully saturated rings. The van der Waals surface area contributed by atoms with Crippen LogP contribution in [-0.4, -0.2) is 66.3 Å². The maximum absolute atomic E-state index is 12.7. The van der Waals surface area contributed by atoms with E-state index in [2.05, 4.69) is 11.0 Å². The highest BCUT2D eigenvalue weighted by atomic mass is 32.1. The van der Waals surface area contributed by atoms with Crippen molar-refractivity contribution in [2.24, 2.45) is 0 Å². The standard InChI is InChI=1S/C20H23N3O3S/c1-26-17-5-2-4-15-12-21(13-16(15)17)14-19(24)22-7-9-23(10-8-22)20(25)18-6-3-11-27-18/h2-6,11H,7-10,12-14H2,1H3. The number of hydrogen-bond donors (Lipinski definition) is 0. The van der Waals surface area contributed by atoms with Gasteiger partial charge in [-0.25, -0.2) is 0 Å². The molecule has 142 valence electrons. The van der Waals surface area contributed by atoms with Crippen LogP contribution in [0.3, 0.4) is 0 Å². The number of thiophene rings is 1. The summed E-state index contributed by atoms with van der Waals surface area (Å²) < 4.78 is 5.43. The number of carbonyl (C=O) groups is 2. The first-order valence-corrected chi connectivity index (χ1v) is 10.0. The molecule has 1 aromatic heterocycles. The van der Waals surface area contributed by atoms with E-state index in [0.717, 1.165) is 23.7 Å². The van der Waals surface area contributed by atoms with E-state index in [9.17, 15) is 9.59 Å². The molecule has 27 heavy (non-hydrogen) atoms. The van der Waals surface area contributed by atoms with Gasteiger partial charge in [0, 0.05) is 44.8 Å². The first-order chi connectivity index (χ1) is 13.2. The second kappa shape index (κ2) is 7.70. The van der Waals surface area contributed by atoms with E-state index in [0.29, 0.717) is 32.7 Å². The molecule has 4 rings (SSSR count). The summed E-state index contributed by atoms with van der Waals surface area (Å²) in [5, 5.41) is 1.91. The van der Waals surface area contributed by atoms with Crippen LogP contribution in [0, 0.1) is 0 Å². The quantitative estimate of drug-likeness (QED) is 0.808. The molecule has 1 aromatic carbocycles. The molecule has 2 aliphatic heterocycles. The minimum Gasteiger partial charge on any atom is -0.496 e. The number of carbonyl (C=O) groups excluding carboxylic acids is 2. The minimum atomic E-state index is 0.0687. The Morgan fingerprint density at radius 1 is 1.04 bits per heavy atom. The molecule has 0 radical (unpaired) electrons. The summed E-state index contributed by atoms with van der Waals surface area (Å²) in [6, 6.07) is 9.79. The molecule has 0 unspecified atom stereocenters. The Morgan fingerprint density at radius 3 is 2.52 bits per heavy atom. The van der Waals surface area contributed by atoms with Gasteiger partial charge in [-0.2, -0.15) is 0 Å². The molecule has 1 saturated heterocycles. The predicted octanol–water partition coefficient (Wildman–Crippen LogP) is 2.06. The first-order valence-electron chi connectivity index (χ1n) is 9.13. The van der Waals surface area contributed by atoms with Crippen LogP contribution in [0.2, 0.25) is 0 Å². The normalized spacial score (nSPS) is 17.1. The van der Waals surface area contributed by atoms with Crippen molar-refractivity contribution in [3.63, 3.8) is 0 Å². The van der Waals surface area contributed by atoms with Crippen molar-refractivity contribution in [2.45, 2.75) is 13.1 Å². The van der Waals surface area contributed by atoms with E-state index in [-0.39, 0.29) is 11.8 Å². The third-order valence-electron chi connectivity index (χ3n) is 5.24. The summed E-state index contributed by atoms with van der Waals surface area (Å²) in [4.78, 5) is 31.8. The van der Waals surface area contributed by atoms with Crippen molar-refractivity contribution in [2.75, 3.05) is 39.8 Å². The lowest BCUT2D eigenvalue weighted by molar-refractivity contribution is -0.134. The van der Waals surface area contributed by atoms with Crippen LogP contribution in [0.1, 0.15) is 20.8 Å². The zero-order valence-electron chi connectivity index (χ0n) is 15.4. The van der Waals surface area contributed by atoms with E-state index in [1.165, 1.54) is 22.5 Å². The van der Waals surface area contributed by atoms with Gasteiger partial charge in [0.15, 0.2) is 0 Å². The largest absolute Gasteiger partial charge is 0.496 e. The van der Waals surface area contributed by atoms with Crippen LogP contribution in [0.4, 0.5) is 0 Å². The number of amides is 2. The molecule has 2 aliphatic rings. The van der Waals surface area contributed by atoms with Crippen LogP contribution >= 0.6 is 11.3 Å². The SMILES string of the molecule is COc1cccc2c1CN(CC(=O)N1CCN(C(=O)c3cccs3)CC1)C2. The zero-order valence-corrected chi connectivity index (χ0v) is 16.2. The molecule has 0 saturated carbocycles. The maximum Gasteiger partial charge on any atom is 0.264 e. The minimum absolute atomic E-state index is 0.0687. The number of fused-ring (bicyclic) bond motifs is 1. The predicted molar refractivity (Wildman–Crippen MR) is 104 cm³/mol. The van der Waals surface area contributed by atoms with Gasteiger partial charge >= 0.3 is 0 Å². The molecule has 0 atom stereocenters. The molecular weight excluding hydrogens is 362 g/mol. The smallest absolute Gasteiger partial charge is 0.264 e. The highest BCUT2D eigenvalue weighted by Gasteiger charge is 2.28. The van der Waals surface area contributed by atoms with Gasteiger partial charge < -0.3 is 14.5 Å². The Morgan fingerprint density at radius 2 is 1.81 bits per heavy atom. The lowest BCUT2D eigenvalue weighted by Gasteiger charge is -2.35. The molecule has 0 N–H and O–H groups in total. The van der Waals surface area contributed by atoms with Gasteiger partial charge in [-0.15, -0.1) is 11.3 Å². The summed E-state index contributed by atoms with van der Waals surface area (Å²) in [5.74, 6) is 1.09. The van der Waals surface area contributed by atoms with Gasteiger partial charge in [0.05, 0.1) is 18.5 Å². The van der Waals surface area contributed by atoms with Crippen molar-refractivity contribution in [1.82, 2.24) is 14.7 Å². The third-order valence-corrected chi connectivity index (χ3v) is 6.09. The molecule has 2 aromatic rings. The highest BCUT2D eigenvalue weighted by Crippen LogP contribution is 2.30. The zero-order chi connectivity index (χ0) is 18.8. The van der Waals surface area contributed by atoms with Crippen molar-refractivity contribution >= 4 is 23.2 Å². The highest BCUT2D eigenvalue weighted by molar-refractivity contribution is 7.12. The topological polar surface area (TPSA) is 53.1 Å². The molecule has 7 heteroatoms. The van der Waals surface area contributed by atoms with Crippen LogP contribution in [0.15, 0.2) is 35.7 Å². The Bertz CT molecular complexity index is 829. The number of piperazine rings is 1. The molecule has 0 aliphatic carbocycles. The maximum atomic E-state index is 12.7. The van der Waals surface area contributed by atoms with Gasteiger partial charge in [-0.05, 0) is 23.1 Å². The number of nitrogens with zero attached hydrogens (tertiary/aromatic N) is 3. The first kappa shape index (κ1) is 18.0. The number of benzene rings is 1. The van der Waals surface area contributed by atoms with Crippen LogP contribution in [0.5, 0.6) is 5.75 Å². The Balaban J connectivity index is 1.30. The molecule has 6 nitrogen and oxygen atoms in total. The summed E-state index contributed by atoms with van der Waals surface area (Å²) in [6.07, 6.45) is 0. The van der Waals surface area contributed by atoms with Gasteiger partial charge in [-0.3, -0.25) is 14.5 Å². The second-order valence-electron chi connectivity index (χ2n) is 6.89. The molecule has 2 amide bonds. The van der Waals surface area contributed by atoms with Crippen LogP contribution < -0.4 is 4.74 Å². The van der Waals surface area contributed by atoms with E-state index in [1.54, 1.807) is 7.11 Å². The molecule has 0 spiro atoms. The van der Waals surface area contributed by atoms with E-state index in [4.69, 9.17) is 4.74 Å². The fourth-order valence-corrected chi connectivity index (χ4v) is 4.46. The fourth-order valence-electron chi connectivity index (χ4n) is 3.77. The van der Waals surface area contributed by atoms with Gasteiger partial charge in [0.25, 0.3) is 5.91 Å². The van der Waals surface area contributed by atoms with Gasteiger partial charge in [-0.1, -0.05) is 18.2 Å². The number of hydrogen-bond acceptors (Lipinski definition) is 5. The lowest BCUT2D eigenvalue weighted by atomic mass is 10.1. The second-order valence-corrected chi connectivity index (χ2v) is 7.84. The van der Waals surface area contributed by atoms with Crippen molar-refractivity contribution in [3.8, 4) is 5.75 Å². The number of methoxy groups -OCH3 is 1. The van der Waals surface area contributed by atoms with Gasteiger partial charge in [0.2, 0.25) is 5.91 Å². The Hall–Kier alpha value is -2.38. The molecular formula is C20H23N3O3S. The van der Waals surface area contributed by atoms with E-state index < -0.39 is 0 Å². The van der Waals surface area contributed by atoms with Crippen LogP contribution in [0.25, 0.3) is 0 Å². The number of rotatable bonds is 4. The van der Waals surface area contributed by atoms with E-state index >= 15 is 0 Å². The Labute approximate surface area is 162 Å². The van der Waals surface area contributed by atoms with Crippen molar-refractivity contribution in [1.29, 1.82) is 0 Å². The summed E-state index contributed by atoms with van der Waals surface area (Å²) in [7, 11) is 1.68.